The van der Waals surface area contributed by atoms with Crippen molar-refractivity contribution >= 4 is 11.6 Å². The van der Waals surface area contributed by atoms with E-state index in [4.69, 9.17) is 9.84 Å². The minimum Gasteiger partial charge on any atom is -0.491 e. The summed E-state index contributed by atoms with van der Waals surface area (Å²) in [5.74, 6) is 0.548. The number of piperidine rings is 1. The van der Waals surface area contributed by atoms with Crippen molar-refractivity contribution < 1.29 is 19.7 Å². The number of carbonyl (C=O) groups is 1. The average Bonchev–Trinajstić information content (AvgIpc) is 2.56. The number of amides is 1. The zero-order valence-corrected chi connectivity index (χ0v) is 14.3. The number of nitrogens with zero attached hydrogens (tertiary/aromatic N) is 1. The SMILES string of the molecule is CC(=O)Nc1ccc(OC[C@@H](O)CN2CCCC[C@H]2CCO)cc1. The maximum absolute atomic E-state index is 11.0. The molecule has 6 heteroatoms. The first-order valence-electron chi connectivity index (χ1n) is 8.62. The molecule has 0 aromatic heterocycles. The van der Waals surface area contributed by atoms with E-state index in [2.05, 4.69) is 10.2 Å². The van der Waals surface area contributed by atoms with Crippen LogP contribution in [-0.4, -0.2) is 59.5 Å². The number of aliphatic hydroxyl groups excluding tert-OH is 2. The average molecular weight is 336 g/mol. The number of hydrogen-bond acceptors (Lipinski definition) is 5. The molecule has 3 N–H and O–H groups in total. The van der Waals surface area contributed by atoms with Crippen molar-refractivity contribution in [1.29, 1.82) is 0 Å². The lowest BCUT2D eigenvalue weighted by Crippen LogP contribution is -2.45. The molecule has 6 nitrogen and oxygen atoms in total. The molecule has 1 heterocycles. The molecule has 0 radical (unpaired) electrons. The van der Waals surface area contributed by atoms with Crippen molar-refractivity contribution in [3.05, 3.63) is 24.3 Å². The first-order chi connectivity index (χ1) is 11.6. The van der Waals surface area contributed by atoms with Crippen LogP contribution in [0.3, 0.4) is 0 Å². The normalized spacial score (nSPS) is 19.7. The quantitative estimate of drug-likeness (QED) is 0.672. The number of likely N-dealkylation sites (tertiary alicyclic amines) is 1. The van der Waals surface area contributed by atoms with E-state index in [-0.39, 0.29) is 19.1 Å². The van der Waals surface area contributed by atoms with Crippen LogP contribution < -0.4 is 10.1 Å². The first kappa shape index (κ1) is 18.7. The third-order valence-electron chi connectivity index (χ3n) is 4.27. The van der Waals surface area contributed by atoms with Gasteiger partial charge in [0.25, 0.3) is 0 Å². The summed E-state index contributed by atoms with van der Waals surface area (Å²) >= 11 is 0. The van der Waals surface area contributed by atoms with E-state index in [1.807, 2.05) is 0 Å². The van der Waals surface area contributed by atoms with E-state index in [0.717, 1.165) is 31.5 Å². The van der Waals surface area contributed by atoms with E-state index >= 15 is 0 Å². The van der Waals surface area contributed by atoms with E-state index in [0.29, 0.717) is 18.3 Å². The molecule has 1 fully saturated rings. The van der Waals surface area contributed by atoms with Crippen LogP contribution in [0.15, 0.2) is 24.3 Å². The van der Waals surface area contributed by atoms with Crippen molar-refractivity contribution in [2.24, 2.45) is 0 Å². The fourth-order valence-corrected chi connectivity index (χ4v) is 3.13. The molecule has 2 rings (SSSR count). The number of nitrogens with one attached hydrogen (secondary N) is 1. The van der Waals surface area contributed by atoms with Gasteiger partial charge in [0.2, 0.25) is 5.91 Å². The van der Waals surface area contributed by atoms with Gasteiger partial charge in [0.05, 0.1) is 0 Å². The third-order valence-corrected chi connectivity index (χ3v) is 4.27. The Hall–Kier alpha value is -1.63. The summed E-state index contributed by atoms with van der Waals surface area (Å²) in [5, 5.41) is 22.1. The first-order valence-corrected chi connectivity index (χ1v) is 8.62. The van der Waals surface area contributed by atoms with Gasteiger partial charge in [-0.2, -0.15) is 0 Å². The topological polar surface area (TPSA) is 82.0 Å². The molecule has 0 unspecified atom stereocenters. The fourth-order valence-electron chi connectivity index (χ4n) is 3.13. The van der Waals surface area contributed by atoms with Crippen LogP contribution in [0.5, 0.6) is 5.75 Å². The van der Waals surface area contributed by atoms with Crippen molar-refractivity contribution in [1.82, 2.24) is 4.90 Å². The van der Waals surface area contributed by atoms with Gasteiger partial charge in [-0.3, -0.25) is 9.69 Å². The second-order valence-electron chi connectivity index (χ2n) is 6.33. The van der Waals surface area contributed by atoms with Crippen LogP contribution in [-0.2, 0) is 4.79 Å². The van der Waals surface area contributed by atoms with Crippen LogP contribution in [0, 0.1) is 0 Å². The Labute approximate surface area is 143 Å². The molecule has 134 valence electrons. The summed E-state index contributed by atoms with van der Waals surface area (Å²) < 4.78 is 5.63. The second kappa shape index (κ2) is 9.61. The number of benzene rings is 1. The lowest BCUT2D eigenvalue weighted by molar-refractivity contribution is -0.114. The zero-order valence-electron chi connectivity index (χ0n) is 14.3. The molecule has 1 saturated heterocycles. The summed E-state index contributed by atoms with van der Waals surface area (Å²) in [7, 11) is 0. The Morgan fingerprint density at radius 3 is 2.79 bits per heavy atom. The number of β-amino-alcohol motifs (C(OH)–C–C–N with tert-alkyl or cyclic N) is 1. The monoisotopic (exact) mass is 336 g/mol. The molecule has 0 aliphatic carbocycles. The molecular weight excluding hydrogens is 308 g/mol. The molecule has 2 atom stereocenters. The molecular formula is C18H28N2O4. The van der Waals surface area contributed by atoms with Crippen LogP contribution in [0.1, 0.15) is 32.6 Å². The fraction of sp³-hybridized carbons (Fsp3) is 0.611. The van der Waals surface area contributed by atoms with E-state index < -0.39 is 6.10 Å². The molecule has 0 bridgehead atoms. The van der Waals surface area contributed by atoms with Crippen molar-refractivity contribution in [2.75, 3.05) is 31.6 Å². The largest absolute Gasteiger partial charge is 0.491 e. The Balaban J connectivity index is 1.77. The summed E-state index contributed by atoms with van der Waals surface area (Å²) in [5.41, 5.74) is 0.718. The number of hydrogen-bond donors (Lipinski definition) is 3. The predicted octanol–water partition coefficient (Wildman–Crippen LogP) is 1.62. The number of ether oxygens (including phenoxy) is 1. The molecule has 24 heavy (non-hydrogen) atoms. The van der Waals surface area contributed by atoms with E-state index in [9.17, 15) is 9.90 Å². The van der Waals surface area contributed by atoms with Crippen LogP contribution in [0.2, 0.25) is 0 Å². The van der Waals surface area contributed by atoms with Gasteiger partial charge in [-0.1, -0.05) is 6.42 Å². The highest BCUT2D eigenvalue weighted by Gasteiger charge is 2.24. The Bertz CT molecular complexity index is 504. The maximum Gasteiger partial charge on any atom is 0.221 e. The summed E-state index contributed by atoms with van der Waals surface area (Å²) in [6.45, 7) is 3.41. The molecule has 1 amide bonds. The van der Waals surface area contributed by atoms with Gasteiger partial charge in [0.15, 0.2) is 0 Å². The summed E-state index contributed by atoms with van der Waals surface area (Å²) in [6.07, 6.45) is 3.60. The Morgan fingerprint density at radius 1 is 1.38 bits per heavy atom. The second-order valence-corrected chi connectivity index (χ2v) is 6.33. The number of aliphatic hydroxyl groups is 2. The highest BCUT2D eigenvalue weighted by Crippen LogP contribution is 2.20. The molecule has 1 aliphatic rings. The minimum atomic E-state index is -0.570. The lowest BCUT2D eigenvalue weighted by Gasteiger charge is -2.36. The third kappa shape index (κ3) is 6.11. The Morgan fingerprint density at radius 2 is 2.12 bits per heavy atom. The zero-order chi connectivity index (χ0) is 17.4. The van der Waals surface area contributed by atoms with Crippen LogP contribution in [0.4, 0.5) is 5.69 Å². The van der Waals surface area contributed by atoms with Crippen molar-refractivity contribution in [3.63, 3.8) is 0 Å². The maximum atomic E-state index is 11.0. The van der Waals surface area contributed by atoms with E-state index in [1.54, 1.807) is 24.3 Å². The van der Waals surface area contributed by atoms with Crippen LogP contribution in [0.25, 0.3) is 0 Å². The summed E-state index contributed by atoms with van der Waals surface area (Å²) in [4.78, 5) is 13.2. The molecule has 1 aromatic carbocycles. The molecule has 1 aromatic rings. The Kier molecular flexibility index (Phi) is 7.49. The predicted molar refractivity (Wildman–Crippen MR) is 93.2 cm³/mol. The molecule has 0 spiro atoms. The number of rotatable bonds is 8. The van der Waals surface area contributed by atoms with E-state index in [1.165, 1.54) is 13.3 Å². The van der Waals surface area contributed by atoms with Gasteiger partial charge in [0.1, 0.15) is 18.5 Å². The van der Waals surface area contributed by atoms with Crippen molar-refractivity contribution in [2.45, 2.75) is 44.8 Å². The van der Waals surface area contributed by atoms with Gasteiger partial charge in [-0.05, 0) is 50.1 Å². The van der Waals surface area contributed by atoms with Gasteiger partial charge >= 0.3 is 0 Å². The number of anilines is 1. The van der Waals surface area contributed by atoms with Gasteiger partial charge < -0.3 is 20.3 Å². The molecule has 0 saturated carbocycles. The number of carbonyl (C=O) groups excluding carboxylic acids is 1. The van der Waals surface area contributed by atoms with Crippen molar-refractivity contribution in [3.8, 4) is 5.75 Å². The summed E-state index contributed by atoms with van der Waals surface area (Å²) in [6, 6.07) is 7.44. The highest BCUT2D eigenvalue weighted by atomic mass is 16.5. The minimum absolute atomic E-state index is 0.113. The van der Waals surface area contributed by atoms with Crippen LogP contribution >= 0.6 is 0 Å². The standard InChI is InChI=1S/C18H28N2O4/c1-14(22)19-15-5-7-18(8-6-15)24-13-17(23)12-20-10-3-2-4-16(20)9-11-21/h5-8,16-17,21,23H,2-4,9-13H2,1H3,(H,19,22)/t16-,17-/m0/s1. The molecule has 1 aliphatic heterocycles. The lowest BCUT2D eigenvalue weighted by atomic mass is 9.99. The smallest absolute Gasteiger partial charge is 0.221 e. The highest BCUT2D eigenvalue weighted by molar-refractivity contribution is 5.88. The van der Waals surface area contributed by atoms with Gasteiger partial charge in [-0.25, -0.2) is 0 Å². The van der Waals surface area contributed by atoms with Gasteiger partial charge in [-0.15, -0.1) is 0 Å². The van der Waals surface area contributed by atoms with Gasteiger partial charge in [0, 0.05) is 31.8 Å².